The highest BCUT2D eigenvalue weighted by Gasteiger charge is 2.31. The molecule has 0 radical (unpaired) electrons. The minimum atomic E-state index is -2.62. The van der Waals surface area contributed by atoms with Gasteiger partial charge in [0.25, 0.3) is 0 Å². The normalized spacial score (nSPS) is 16.8. The minimum Gasteiger partial charge on any atom is -0.396 e. The zero-order chi connectivity index (χ0) is 12.1. The van der Waals surface area contributed by atoms with Crippen molar-refractivity contribution in [2.75, 3.05) is 6.61 Å². The van der Waals surface area contributed by atoms with Crippen LogP contribution in [0.25, 0.3) is 0 Å². The Kier molecular flexibility index (Phi) is 6.34. The van der Waals surface area contributed by atoms with Crippen molar-refractivity contribution in [2.45, 2.75) is 52.9 Å². The van der Waals surface area contributed by atoms with Crippen molar-refractivity contribution in [1.82, 2.24) is 0 Å². The quantitative estimate of drug-likeness (QED) is 0.696. The van der Waals surface area contributed by atoms with E-state index in [-0.39, 0.29) is 25.4 Å². The molecular weight excluding hydrogens is 198 g/mol. The van der Waals surface area contributed by atoms with E-state index in [1.54, 1.807) is 0 Å². The van der Waals surface area contributed by atoms with E-state index < -0.39 is 5.92 Å². The van der Waals surface area contributed by atoms with Crippen LogP contribution in [-0.4, -0.2) is 17.6 Å². The maximum Gasteiger partial charge on any atom is 0.248 e. The fourth-order valence-electron chi connectivity index (χ4n) is 1.59. The fraction of sp³-hybridized carbons (Fsp3) is 1.00. The van der Waals surface area contributed by atoms with Crippen LogP contribution in [0.1, 0.15) is 47.0 Å². The van der Waals surface area contributed by atoms with Crippen LogP contribution >= 0.6 is 0 Å². The van der Waals surface area contributed by atoms with Gasteiger partial charge in [-0.3, -0.25) is 0 Å². The zero-order valence-electron chi connectivity index (χ0n) is 10.3. The molecule has 0 aliphatic rings. The first-order valence-corrected chi connectivity index (χ1v) is 5.81. The van der Waals surface area contributed by atoms with Gasteiger partial charge in [-0.2, -0.15) is 0 Å². The van der Waals surface area contributed by atoms with Gasteiger partial charge < -0.3 is 5.11 Å². The summed E-state index contributed by atoms with van der Waals surface area (Å²) < 4.78 is 26.3. The van der Waals surface area contributed by atoms with Gasteiger partial charge in [0.05, 0.1) is 0 Å². The molecule has 1 unspecified atom stereocenters. The average molecular weight is 222 g/mol. The predicted molar refractivity (Wildman–Crippen MR) is 59.0 cm³/mol. The summed E-state index contributed by atoms with van der Waals surface area (Å²) in [5, 5.41) is 9.08. The van der Waals surface area contributed by atoms with Crippen LogP contribution in [0.5, 0.6) is 0 Å². The summed E-state index contributed by atoms with van der Waals surface area (Å²) in [4.78, 5) is 0. The molecule has 0 spiro atoms. The Morgan fingerprint density at radius 1 is 1.20 bits per heavy atom. The van der Waals surface area contributed by atoms with Gasteiger partial charge in [0, 0.05) is 19.4 Å². The second-order valence-electron chi connectivity index (χ2n) is 4.92. The molecule has 0 amide bonds. The molecule has 1 nitrogen and oxygen atoms in total. The Bertz CT molecular complexity index is 169. The third-order valence-corrected chi connectivity index (χ3v) is 3.21. The molecule has 1 N–H and O–H groups in total. The minimum absolute atomic E-state index is 0.132. The number of halogens is 2. The van der Waals surface area contributed by atoms with Crippen LogP contribution in [0, 0.1) is 17.8 Å². The van der Waals surface area contributed by atoms with E-state index in [0.717, 1.165) is 0 Å². The molecule has 0 heterocycles. The van der Waals surface area contributed by atoms with E-state index >= 15 is 0 Å². The molecule has 0 saturated heterocycles. The summed E-state index contributed by atoms with van der Waals surface area (Å²) >= 11 is 0. The number of rotatable bonds is 7. The maximum atomic E-state index is 13.1. The van der Waals surface area contributed by atoms with Crippen LogP contribution in [0.2, 0.25) is 0 Å². The molecule has 3 heteroatoms. The van der Waals surface area contributed by atoms with Crippen molar-refractivity contribution in [3.8, 4) is 0 Å². The van der Waals surface area contributed by atoms with E-state index in [9.17, 15) is 8.78 Å². The van der Waals surface area contributed by atoms with E-state index in [4.69, 9.17) is 5.11 Å². The van der Waals surface area contributed by atoms with Gasteiger partial charge in [0.1, 0.15) is 0 Å². The second-order valence-corrected chi connectivity index (χ2v) is 4.92. The lowest BCUT2D eigenvalue weighted by Gasteiger charge is -2.25. The van der Waals surface area contributed by atoms with E-state index in [1.165, 1.54) is 6.92 Å². The molecule has 0 aliphatic carbocycles. The number of hydrogen-bond acceptors (Lipinski definition) is 1. The SMILES string of the molecule is CCC(F)(F)C[C@H](CO)CC(C)C(C)C. The van der Waals surface area contributed by atoms with Crippen molar-refractivity contribution in [3.63, 3.8) is 0 Å². The highest BCUT2D eigenvalue weighted by molar-refractivity contribution is 4.73. The van der Waals surface area contributed by atoms with Crippen molar-refractivity contribution in [3.05, 3.63) is 0 Å². The van der Waals surface area contributed by atoms with Gasteiger partial charge in [0.2, 0.25) is 5.92 Å². The molecule has 0 aromatic carbocycles. The predicted octanol–water partition coefficient (Wildman–Crippen LogP) is 3.71. The van der Waals surface area contributed by atoms with Crippen LogP contribution in [0.3, 0.4) is 0 Å². The van der Waals surface area contributed by atoms with E-state index in [2.05, 4.69) is 20.8 Å². The first-order chi connectivity index (χ1) is 6.82. The van der Waals surface area contributed by atoms with Gasteiger partial charge in [-0.1, -0.05) is 27.7 Å². The van der Waals surface area contributed by atoms with Crippen molar-refractivity contribution >= 4 is 0 Å². The van der Waals surface area contributed by atoms with Gasteiger partial charge >= 0.3 is 0 Å². The summed E-state index contributed by atoms with van der Waals surface area (Å²) in [5.41, 5.74) is 0. The van der Waals surface area contributed by atoms with Gasteiger partial charge in [-0.15, -0.1) is 0 Å². The monoisotopic (exact) mass is 222 g/mol. The summed E-state index contributed by atoms with van der Waals surface area (Å²) in [6.45, 7) is 7.57. The lowest BCUT2D eigenvalue weighted by molar-refractivity contribution is -0.0372. The topological polar surface area (TPSA) is 20.2 Å². The molecule has 0 aromatic heterocycles. The maximum absolute atomic E-state index is 13.1. The molecule has 0 saturated carbocycles. The first-order valence-electron chi connectivity index (χ1n) is 5.81. The lowest BCUT2D eigenvalue weighted by Crippen LogP contribution is -2.24. The number of aliphatic hydroxyl groups is 1. The largest absolute Gasteiger partial charge is 0.396 e. The van der Waals surface area contributed by atoms with Gasteiger partial charge in [-0.05, 0) is 24.2 Å². The van der Waals surface area contributed by atoms with E-state index in [0.29, 0.717) is 18.3 Å². The molecule has 0 rings (SSSR count). The lowest BCUT2D eigenvalue weighted by atomic mass is 9.85. The summed E-state index contributed by atoms with van der Waals surface area (Å²) in [7, 11) is 0. The summed E-state index contributed by atoms with van der Waals surface area (Å²) in [6.07, 6.45) is 0.361. The zero-order valence-corrected chi connectivity index (χ0v) is 10.3. The Labute approximate surface area is 91.9 Å². The highest BCUT2D eigenvalue weighted by atomic mass is 19.3. The summed E-state index contributed by atoms with van der Waals surface area (Å²) in [5.74, 6) is -2.02. The van der Waals surface area contributed by atoms with Crippen LogP contribution < -0.4 is 0 Å². The number of aliphatic hydroxyl groups excluding tert-OH is 1. The molecule has 2 atom stereocenters. The Balaban J connectivity index is 4.14. The molecule has 0 bridgehead atoms. The molecule has 0 fully saturated rings. The molecular formula is C12H24F2O. The molecule has 0 aliphatic heterocycles. The van der Waals surface area contributed by atoms with Crippen LogP contribution in [0.4, 0.5) is 8.78 Å². The molecule has 0 aromatic rings. The van der Waals surface area contributed by atoms with Crippen molar-refractivity contribution in [2.24, 2.45) is 17.8 Å². The standard InChI is InChI=1S/C12H24F2O/c1-5-12(13,14)7-11(8-15)6-10(4)9(2)3/h9-11,15H,5-8H2,1-4H3/t10?,11-/m1/s1. The Hall–Kier alpha value is -0.180. The fourth-order valence-corrected chi connectivity index (χ4v) is 1.59. The summed E-state index contributed by atoms with van der Waals surface area (Å²) in [6, 6.07) is 0. The Morgan fingerprint density at radius 2 is 1.73 bits per heavy atom. The molecule has 15 heavy (non-hydrogen) atoms. The second kappa shape index (κ2) is 6.41. The highest BCUT2D eigenvalue weighted by Crippen LogP contribution is 2.31. The average Bonchev–Trinajstić information content (AvgIpc) is 2.16. The van der Waals surface area contributed by atoms with Gasteiger partial charge in [0.15, 0.2) is 0 Å². The third kappa shape index (κ3) is 6.08. The Morgan fingerprint density at radius 3 is 2.07 bits per heavy atom. The molecule has 92 valence electrons. The van der Waals surface area contributed by atoms with E-state index in [1.807, 2.05) is 0 Å². The smallest absolute Gasteiger partial charge is 0.248 e. The van der Waals surface area contributed by atoms with Crippen molar-refractivity contribution < 1.29 is 13.9 Å². The number of alkyl halides is 2. The number of hydrogen-bond donors (Lipinski definition) is 1. The third-order valence-electron chi connectivity index (χ3n) is 3.21. The van der Waals surface area contributed by atoms with Gasteiger partial charge in [-0.25, -0.2) is 8.78 Å². The van der Waals surface area contributed by atoms with Crippen LogP contribution in [0.15, 0.2) is 0 Å². The first kappa shape index (κ1) is 14.8. The van der Waals surface area contributed by atoms with Crippen molar-refractivity contribution in [1.29, 1.82) is 0 Å². The van der Waals surface area contributed by atoms with Crippen LogP contribution in [-0.2, 0) is 0 Å².